The summed E-state index contributed by atoms with van der Waals surface area (Å²) in [5, 5.41) is 40.0. The van der Waals surface area contributed by atoms with Crippen molar-refractivity contribution in [1.29, 1.82) is 0 Å². The molecule has 0 aliphatic rings. The average Bonchev–Trinajstić information content (AvgIpc) is 2.55. The van der Waals surface area contributed by atoms with Crippen molar-refractivity contribution >= 4 is 21.9 Å². The van der Waals surface area contributed by atoms with Crippen LogP contribution in [0.2, 0.25) is 0 Å². The van der Waals surface area contributed by atoms with E-state index in [1.807, 2.05) is 6.92 Å². The van der Waals surface area contributed by atoms with E-state index < -0.39 is 17.8 Å². The number of hydrogen-bond acceptors (Lipinski definition) is 6. The van der Waals surface area contributed by atoms with Crippen LogP contribution in [0.4, 0.5) is 0 Å². The van der Waals surface area contributed by atoms with Crippen LogP contribution in [-0.4, -0.2) is 20.4 Å². The van der Waals surface area contributed by atoms with Gasteiger partial charge in [0, 0.05) is 5.56 Å². The highest BCUT2D eigenvalue weighted by molar-refractivity contribution is 6.00. The van der Waals surface area contributed by atoms with Gasteiger partial charge in [0.05, 0.1) is 12.2 Å². The van der Waals surface area contributed by atoms with Crippen LogP contribution >= 0.6 is 0 Å². The monoisotopic (exact) mass is 330 g/mol. The molecule has 2 aromatic carbocycles. The van der Waals surface area contributed by atoms with E-state index in [9.17, 15) is 25.2 Å². The fraction of sp³-hybridized carbons (Fsp3) is 0.278. The molecule has 0 amide bonds. The van der Waals surface area contributed by atoms with Gasteiger partial charge in [-0.25, -0.2) is 0 Å². The minimum absolute atomic E-state index is 0.0209. The average molecular weight is 330 g/mol. The van der Waals surface area contributed by atoms with Gasteiger partial charge in [-0.05, 0) is 44.4 Å². The van der Waals surface area contributed by atoms with Crippen LogP contribution in [0.1, 0.15) is 27.8 Å². The lowest BCUT2D eigenvalue weighted by Gasteiger charge is -2.15. The van der Waals surface area contributed by atoms with E-state index in [0.717, 1.165) is 5.56 Å². The summed E-state index contributed by atoms with van der Waals surface area (Å²) in [7, 11) is 0. The number of aromatic hydroxyl groups is 3. The highest BCUT2D eigenvalue weighted by Gasteiger charge is 2.24. The maximum Gasteiger partial charge on any atom is 0.208 e. The second-order valence-electron chi connectivity index (χ2n) is 6.02. The van der Waals surface area contributed by atoms with E-state index in [2.05, 4.69) is 0 Å². The Hall–Kier alpha value is -2.73. The maximum atomic E-state index is 12.9. The van der Waals surface area contributed by atoms with Crippen molar-refractivity contribution < 1.29 is 24.8 Å². The number of hydrogen-bond donors (Lipinski definition) is 4. The summed E-state index contributed by atoms with van der Waals surface area (Å²) in [5.74, 6) is -1.06. The van der Waals surface area contributed by atoms with Gasteiger partial charge in [-0.3, -0.25) is 4.79 Å². The Morgan fingerprint density at radius 3 is 1.88 bits per heavy atom. The number of phenolic OH excluding ortho intramolecular Hbond substituents is 1. The predicted molar refractivity (Wildman–Crippen MR) is 89.9 cm³/mol. The van der Waals surface area contributed by atoms with E-state index in [-0.39, 0.29) is 44.6 Å². The van der Waals surface area contributed by atoms with Crippen LogP contribution in [0.3, 0.4) is 0 Å². The Labute approximate surface area is 137 Å². The van der Waals surface area contributed by atoms with Crippen LogP contribution in [0.25, 0.3) is 21.9 Å². The molecular weight excluding hydrogens is 312 g/mol. The third-order valence-electron chi connectivity index (χ3n) is 4.83. The summed E-state index contributed by atoms with van der Waals surface area (Å²) < 4.78 is 5.80. The second kappa shape index (κ2) is 5.14. The van der Waals surface area contributed by atoms with Gasteiger partial charge in [-0.1, -0.05) is 0 Å². The molecule has 0 fully saturated rings. The summed E-state index contributed by atoms with van der Waals surface area (Å²) in [6.07, 6.45) is 0. The van der Waals surface area contributed by atoms with Crippen LogP contribution in [-0.2, 0) is 6.61 Å². The molecule has 0 aliphatic carbocycles. The van der Waals surface area contributed by atoms with Gasteiger partial charge in [-0.2, -0.15) is 0 Å². The molecule has 0 bridgehead atoms. The summed E-state index contributed by atoms with van der Waals surface area (Å²) in [5.41, 5.74) is 1.78. The van der Waals surface area contributed by atoms with Gasteiger partial charge < -0.3 is 24.8 Å². The van der Waals surface area contributed by atoms with E-state index in [4.69, 9.17) is 4.42 Å². The first-order valence-corrected chi connectivity index (χ1v) is 7.45. The lowest BCUT2D eigenvalue weighted by Crippen LogP contribution is -2.07. The highest BCUT2D eigenvalue weighted by Crippen LogP contribution is 2.41. The van der Waals surface area contributed by atoms with Crippen molar-refractivity contribution in [3.8, 4) is 17.2 Å². The van der Waals surface area contributed by atoms with Gasteiger partial charge in [0.15, 0.2) is 0 Å². The highest BCUT2D eigenvalue weighted by atomic mass is 16.3. The molecule has 1 aromatic heterocycles. The number of aryl methyl sites for hydroxylation is 2. The molecule has 0 radical (unpaired) electrons. The molecule has 6 heteroatoms. The molecule has 3 rings (SSSR count). The van der Waals surface area contributed by atoms with Crippen molar-refractivity contribution in [1.82, 2.24) is 0 Å². The number of aliphatic hydroxyl groups excluding tert-OH is 1. The SMILES string of the molecule is Cc1c(C)c(O)c2c(=O)c3c(O)c(CO)c(O)c(C)c3oc2c1C. The lowest BCUT2D eigenvalue weighted by molar-refractivity contribution is 0.269. The van der Waals surface area contributed by atoms with E-state index in [1.165, 1.54) is 6.92 Å². The first-order chi connectivity index (χ1) is 11.2. The molecule has 0 spiro atoms. The zero-order valence-corrected chi connectivity index (χ0v) is 13.8. The quantitative estimate of drug-likeness (QED) is 0.511. The zero-order valence-electron chi connectivity index (χ0n) is 13.8. The van der Waals surface area contributed by atoms with Crippen molar-refractivity contribution in [2.75, 3.05) is 0 Å². The molecule has 0 aliphatic heterocycles. The van der Waals surface area contributed by atoms with Crippen molar-refractivity contribution in [3.05, 3.63) is 38.0 Å². The van der Waals surface area contributed by atoms with E-state index in [1.54, 1.807) is 13.8 Å². The number of benzene rings is 2. The van der Waals surface area contributed by atoms with Gasteiger partial charge in [0.25, 0.3) is 0 Å². The molecular formula is C18H18O6. The lowest BCUT2D eigenvalue weighted by atomic mass is 9.96. The van der Waals surface area contributed by atoms with Crippen molar-refractivity contribution in [2.24, 2.45) is 0 Å². The maximum absolute atomic E-state index is 12.9. The van der Waals surface area contributed by atoms with Crippen LogP contribution in [0, 0.1) is 27.7 Å². The minimum atomic E-state index is -0.635. The Bertz CT molecular complexity index is 1080. The first kappa shape index (κ1) is 16.1. The molecule has 0 saturated heterocycles. The molecule has 0 saturated carbocycles. The van der Waals surface area contributed by atoms with Crippen LogP contribution < -0.4 is 5.43 Å². The Morgan fingerprint density at radius 2 is 1.29 bits per heavy atom. The zero-order chi connectivity index (χ0) is 17.9. The fourth-order valence-electron chi connectivity index (χ4n) is 3.06. The van der Waals surface area contributed by atoms with E-state index >= 15 is 0 Å². The summed E-state index contributed by atoms with van der Waals surface area (Å²) >= 11 is 0. The Balaban J connectivity index is 2.73. The largest absolute Gasteiger partial charge is 0.507 e. The number of rotatable bonds is 1. The second-order valence-corrected chi connectivity index (χ2v) is 6.02. The fourth-order valence-corrected chi connectivity index (χ4v) is 3.06. The van der Waals surface area contributed by atoms with Crippen LogP contribution in [0.15, 0.2) is 9.21 Å². The normalized spacial score (nSPS) is 11.5. The molecule has 6 nitrogen and oxygen atoms in total. The van der Waals surface area contributed by atoms with Crippen LogP contribution in [0.5, 0.6) is 17.2 Å². The summed E-state index contributed by atoms with van der Waals surface area (Å²) in [6, 6.07) is 0. The third kappa shape index (κ3) is 1.83. The molecule has 1 heterocycles. The molecule has 126 valence electrons. The number of phenols is 3. The minimum Gasteiger partial charge on any atom is -0.507 e. The number of fused-ring (bicyclic) bond motifs is 2. The van der Waals surface area contributed by atoms with E-state index in [0.29, 0.717) is 11.1 Å². The topological polar surface area (TPSA) is 111 Å². The Morgan fingerprint density at radius 1 is 0.750 bits per heavy atom. The summed E-state index contributed by atoms with van der Waals surface area (Å²) in [6.45, 7) is 6.17. The molecule has 24 heavy (non-hydrogen) atoms. The van der Waals surface area contributed by atoms with Gasteiger partial charge in [-0.15, -0.1) is 0 Å². The standard InChI is InChI=1S/C18H18O6/c1-6-7(2)14(21)11-16(23)12-15(22)10(5-19)13(20)9(4)18(12)24-17(11)8(6)3/h19-22H,5H2,1-4H3. The van der Waals surface area contributed by atoms with Gasteiger partial charge in [0.2, 0.25) is 5.43 Å². The van der Waals surface area contributed by atoms with Gasteiger partial charge >= 0.3 is 0 Å². The molecule has 3 aromatic rings. The molecule has 0 atom stereocenters. The molecule has 0 unspecified atom stereocenters. The third-order valence-corrected chi connectivity index (χ3v) is 4.83. The van der Waals surface area contributed by atoms with Crippen molar-refractivity contribution in [3.63, 3.8) is 0 Å². The number of aliphatic hydroxyl groups is 1. The van der Waals surface area contributed by atoms with Gasteiger partial charge in [0.1, 0.15) is 39.2 Å². The molecule has 4 N–H and O–H groups in total. The van der Waals surface area contributed by atoms with Crippen molar-refractivity contribution in [2.45, 2.75) is 34.3 Å². The first-order valence-electron chi connectivity index (χ1n) is 7.45. The smallest absolute Gasteiger partial charge is 0.208 e. The summed E-state index contributed by atoms with van der Waals surface area (Å²) in [4.78, 5) is 12.9. The predicted octanol–water partition coefficient (Wildman–Crippen LogP) is 2.79. The Kier molecular flexibility index (Phi) is 3.46.